The van der Waals surface area contributed by atoms with Crippen LogP contribution in [0.3, 0.4) is 0 Å². The fourth-order valence-electron chi connectivity index (χ4n) is 2.13. The fourth-order valence-corrected chi connectivity index (χ4v) is 2.32. The zero-order chi connectivity index (χ0) is 12.3. The molecular weight excluding hydrogens is 234 g/mol. The first-order chi connectivity index (χ1) is 8.12. The Kier molecular flexibility index (Phi) is 4.08. The Morgan fingerprint density at radius 1 is 1.35 bits per heavy atom. The molecule has 0 aliphatic carbocycles. The van der Waals surface area contributed by atoms with Crippen molar-refractivity contribution in [2.45, 2.75) is 32.0 Å². The molecule has 1 saturated heterocycles. The zero-order valence-electron chi connectivity index (χ0n) is 10.5. The largest absolute Gasteiger partial charge is 0.374 e. The third kappa shape index (κ3) is 3.21. The molecule has 2 rings (SSSR count). The Hall–Kier alpha value is -0.570. The molecule has 1 fully saturated rings. The number of alkyl halides is 1. The maximum Gasteiger partial charge on any atom is 0.0838 e. The summed E-state index contributed by atoms with van der Waals surface area (Å²) in [6.45, 7) is 7.06. The first kappa shape index (κ1) is 12.9. The van der Waals surface area contributed by atoms with E-state index in [0.29, 0.717) is 5.88 Å². The molecule has 1 heterocycles. The molecule has 2 nitrogen and oxygen atoms in total. The SMILES string of the molecule is CC1(C)COC(CCl)CN1Cc1ccccc1. The molecule has 1 aliphatic heterocycles. The van der Waals surface area contributed by atoms with Crippen LogP contribution in [-0.2, 0) is 11.3 Å². The zero-order valence-corrected chi connectivity index (χ0v) is 11.3. The van der Waals surface area contributed by atoms with Crippen LogP contribution < -0.4 is 0 Å². The van der Waals surface area contributed by atoms with E-state index in [-0.39, 0.29) is 11.6 Å². The first-order valence-electron chi connectivity index (χ1n) is 6.08. The van der Waals surface area contributed by atoms with Gasteiger partial charge in [-0.15, -0.1) is 11.6 Å². The summed E-state index contributed by atoms with van der Waals surface area (Å²) in [5.41, 5.74) is 1.43. The summed E-state index contributed by atoms with van der Waals surface area (Å²) in [5, 5.41) is 0. The van der Waals surface area contributed by atoms with E-state index in [0.717, 1.165) is 19.7 Å². The van der Waals surface area contributed by atoms with Crippen molar-refractivity contribution in [2.24, 2.45) is 0 Å². The molecule has 1 atom stereocenters. The van der Waals surface area contributed by atoms with E-state index in [1.165, 1.54) is 5.56 Å². The number of rotatable bonds is 3. The second-order valence-corrected chi connectivity index (χ2v) is 5.57. The molecule has 0 N–H and O–H groups in total. The van der Waals surface area contributed by atoms with E-state index in [4.69, 9.17) is 16.3 Å². The van der Waals surface area contributed by atoms with Gasteiger partial charge in [-0.1, -0.05) is 30.3 Å². The lowest BCUT2D eigenvalue weighted by Crippen LogP contribution is -2.55. The molecule has 1 aliphatic rings. The molecule has 0 spiro atoms. The lowest BCUT2D eigenvalue weighted by molar-refractivity contribution is -0.0936. The van der Waals surface area contributed by atoms with Gasteiger partial charge in [-0.05, 0) is 19.4 Å². The highest BCUT2D eigenvalue weighted by molar-refractivity contribution is 6.18. The summed E-state index contributed by atoms with van der Waals surface area (Å²) in [6.07, 6.45) is 0.161. The average Bonchev–Trinajstić information content (AvgIpc) is 2.33. The standard InChI is InChI=1S/C14H20ClNO/c1-14(2)11-17-13(8-15)10-16(14)9-12-6-4-3-5-7-12/h3-7,13H,8-11H2,1-2H3. The number of hydrogen-bond acceptors (Lipinski definition) is 2. The maximum absolute atomic E-state index is 5.89. The van der Waals surface area contributed by atoms with Gasteiger partial charge < -0.3 is 4.74 Å². The molecule has 1 aromatic rings. The fraction of sp³-hybridized carbons (Fsp3) is 0.571. The molecular formula is C14H20ClNO. The van der Waals surface area contributed by atoms with Gasteiger partial charge >= 0.3 is 0 Å². The molecule has 1 aromatic carbocycles. The van der Waals surface area contributed by atoms with Crippen LogP contribution in [-0.4, -0.2) is 35.6 Å². The third-order valence-electron chi connectivity index (χ3n) is 3.34. The van der Waals surface area contributed by atoms with Gasteiger partial charge in [-0.2, -0.15) is 0 Å². The molecule has 0 amide bonds. The highest BCUT2D eigenvalue weighted by Crippen LogP contribution is 2.24. The summed E-state index contributed by atoms with van der Waals surface area (Å²) in [6, 6.07) is 10.6. The Bertz CT molecular complexity index is 352. The summed E-state index contributed by atoms with van der Waals surface area (Å²) >= 11 is 5.89. The Labute approximate surface area is 109 Å². The minimum absolute atomic E-state index is 0.0817. The summed E-state index contributed by atoms with van der Waals surface area (Å²) in [7, 11) is 0. The number of ether oxygens (including phenoxy) is 1. The van der Waals surface area contributed by atoms with Crippen molar-refractivity contribution < 1.29 is 4.74 Å². The van der Waals surface area contributed by atoms with Crippen LogP contribution in [0.2, 0.25) is 0 Å². The van der Waals surface area contributed by atoms with Gasteiger partial charge in [-0.25, -0.2) is 0 Å². The van der Waals surface area contributed by atoms with Crippen molar-refractivity contribution in [3.05, 3.63) is 35.9 Å². The second kappa shape index (κ2) is 5.38. The van der Waals surface area contributed by atoms with Gasteiger partial charge in [0.2, 0.25) is 0 Å². The van der Waals surface area contributed by atoms with Crippen molar-refractivity contribution in [1.82, 2.24) is 4.90 Å². The summed E-state index contributed by atoms with van der Waals surface area (Å²) in [5.74, 6) is 0.571. The molecule has 0 bridgehead atoms. The normalized spacial score (nSPS) is 24.8. The Morgan fingerprint density at radius 2 is 2.06 bits per heavy atom. The van der Waals surface area contributed by atoms with Crippen LogP contribution >= 0.6 is 11.6 Å². The van der Waals surface area contributed by atoms with Crippen molar-refractivity contribution in [2.75, 3.05) is 19.0 Å². The number of halogens is 1. The number of morpholine rings is 1. The first-order valence-corrected chi connectivity index (χ1v) is 6.62. The van der Waals surface area contributed by atoms with Crippen LogP contribution in [0, 0.1) is 0 Å². The number of nitrogens with zero attached hydrogens (tertiary/aromatic N) is 1. The average molecular weight is 254 g/mol. The van der Waals surface area contributed by atoms with E-state index in [1.807, 2.05) is 0 Å². The van der Waals surface area contributed by atoms with Crippen molar-refractivity contribution >= 4 is 11.6 Å². The third-order valence-corrected chi connectivity index (χ3v) is 3.68. The number of hydrogen-bond donors (Lipinski definition) is 0. The molecule has 3 heteroatoms. The Balaban J connectivity index is 2.06. The molecule has 1 unspecified atom stereocenters. The monoisotopic (exact) mass is 253 g/mol. The smallest absolute Gasteiger partial charge is 0.0838 e. The van der Waals surface area contributed by atoms with Crippen LogP contribution in [0.4, 0.5) is 0 Å². The van der Waals surface area contributed by atoms with E-state index in [1.54, 1.807) is 0 Å². The highest BCUT2D eigenvalue weighted by Gasteiger charge is 2.34. The summed E-state index contributed by atoms with van der Waals surface area (Å²) in [4.78, 5) is 2.46. The quantitative estimate of drug-likeness (QED) is 0.768. The van der Waals surface area contributed by atoms with Gasteiger partial charge in [0.1, 0.15) is 0 Å². The van der Waals surface area contributed by atoms with E-state index in [9.17, 15) is 0 Å². The highest BCUT2D eigenvalue weighted by atomic mass is 35.5. The van der Waals surface area contributed by atoms with Gasteiger partial charge in [0.05, 0.1) is 12.7 Å². The van der Waals surface area contributed by atoms with Gasteiger partial charge in [0.15, 0.2) is 0 Å². The van der Waals surface area contributed by atoms with E-state index >= 15 is 0 Å². The van der Waals surface area contributed by atoms with Crippen LogP contribution in [0.15, 0.2) is 30.3 Å². The minimum Gasteiger partial charge on any atom is -0.374 e. The van der Waals surface area contributed by atoms with Gasteiger partial charge in [0.25, 0.3) is 0 Å². The second-order valence-electron chi connectivity index (χ2n) is 5.27. The summed E-state index contributed by atoms with van der Waals surface area (Å²) < 4.78 is 5.74. The van der Waals surface area contributed by atoms with Crippen LogP contribution in [0.1, 0.15) is 19.4 Å². The van der Waals surface area contributed by atoms with Crippen molar-refractivity contribution in [1.29, 1.82) is 0 Å². The number of benzene rings is 1. The predicted octanol–water partition coefficient (Wildman–Crippen LogP) is 2.90. The maximum atomic E-state index is 5.89. The minimum atomic E-state index is 0.0817. The molecule has 94 valence electrons. The molecule has 0 radical (unpaired) electrons. The molecule has 0 aromatic heterocycles. The van der Waals surface area contributed by atoms with Crippen molar-refractivity contribution in [3.63, 3.8) is 0 Å². The molecule has 17 heavy (non-hydrogen) atoms. The van der Waals surface area contributed by atoms with Gasteiger partial charge in [0, 0.05) is 24.5 Å². The van der Waals surface area contributed by atoms with E-state index in [2.05, 4.69) is 49.1 Å². The van der Waals surface area contributed by atoms with Crippen LogP contribution in [0.25, 0.3) is 0 Å². The van der Waals surface area contributed by atoms with Crippen LogP contribution in [0.5, 0.6) is 0 Å². The van der Waals surface area contributed by atoms with Gasteiger partial charge in [-0.3, -0.25) is 4.90 Å². The topological polar surface area (TPSA) is 12.5 Å². The lowest BCUT2D eigenvalue weighted by Gasteiger charge is -2.45. The Morgan fingerprint density at radius 3 is 2.71 bits per heavy atom. The van der Waals surface area contributed by atoms with Crippen molar-refractivity contribution in [3.8, 4) is 0 Å². The lowest BCUT2D eigenvalue weighted by atomic mass is 10.00. The predicted molar refractivity (Wildman–Crippen MR) is 71.4 cm³/mol. The molecule has 0 saturated carbocycles. The van der Waals surface area contributed by atoms with E-state index < -0.39 is 0 Å².